The predicted molar refractivity (Wildman–Crippen MR) is 86.6 cm³/mol. The van der Waals surface area contributed by atoms with Gasteiger partial charge in [-0.2, -0.15) is 0 Å². The van der Waals surface area contributed by atoms with E-state index in [1.165, 1.54) is 6.42 Å². The Hall–Kier alpha value is -1.89. The van der Waals surface area contributed by atoms with E-state index in [0.717, 1.165) is 43.8 Å². The number of nitrogens with one attached hydrogen (secondary N) is 1. The normalized spacial score (nSPS) is 22.8. The molecule has 120 valence electrons. The zero-order valence-corrected chi connectivity index (χ0v) is 13.7. The molecule has 2 aliphatic rings. The van der Waals surface area contributed by atoms with Crippen molar-refractivity contribution in [1.82, 2.24) is 29.9 Å². The Morgan fingerprint density at radius 2 is 2.14 bits per heavy atom. The summed E-state index contributed by atoms with van der Waals surface area (Å²) in [6.07, 6.45) is 5.71. The maximum atomic E-state index is 4.42. The second kappa shape index (κ2) is 6.48. The Kier molecular flexibility index (Phi) is 4.42. The van der Waals surface area contributed by atoms with E-state index in [4.69, 9.17) is 0 Å². The predicted octanol–water partition coefficient (Wildman–Crippen LogP) is 0.145. The van der Waals surface area contributed by atoms with E-state index < -0.39 is 0 Å². The minimum Gasteiger partial charge on any atom is -0.349 e. The van der Waals surface area contributed by atoms with Crippen LogP contribution in [0.25, 0.3) is 0 Å². The molecule has 1 unspecified atom stereocenters. The first-order chi connectivity index (χ1) is 10.7. The van der Waals surface area contributed by atoms with Crippen LogP contribution in [0.2, 0.25) is 0 Å². The van der Waals surface area contributed by atoms with Crippen molar-refractivity contribution in [2.45, 2.75) is 25.9 Å². The van der Waals surface area contributed by atoms with Crippen LogP contribution in [0.1, 0.15) is 18.1 Å². The molecule has 0 amide bonds. The largest absolute Gasteiger partial charge is 0.349 e. The van der Waals surface area contributed by atoms with Crippen molar-refractivity contribution in [2.75, 3.05) is 33.2 Å². The quantitative estimate of drug-likeness (QED) is 0.489. The summed E-state index contributed by atoms with van der Waals surface area (Å²) < 4.78 is 2.00. The number of aryl methyl sites for hydroxylation is 1. The molecule has 0 bridgehead atoms. The first-order valence-corrected chi connectivity index (χ1v) is 7.88. The number of aromatic nitrogens is 3. The molecule has 0 aliphatic carbocycles. The van der Waals surface area contributed by atoms with Crippen LogP contribution in [0.5, 0.6) is 0 Å². The lowest BCUT2D eigenvalue weighted by molar-refractivity contribution is 0.259. The monoisotopic (exact) mass is 303 g/mol. The lowest BCUT2D eigenvalue weighted by Gasteiger charge is -2.25. The highest BCUT2D eigenvalue weighted by atomic mass is 15.4. The molecule has 0 radical (unpaired) electrons. The van der Waals surface area contributed by atoms with E-state index in [1.54, 1.807) is 0 Å². The first-order valence-electron chi connectivity index (χ1n) is 7.88. The van der Waals surface area contributed by atoms with E-state index in [9.17, 15) is 0 Å². The standard InChI is InChI=1S/C15H25N7/c1-12-18-19-14(20(12)3)10-17-15(16-2)22-9-6-13(11-22)21-7-4-5-8-21/h4-5,13H,6-11H2,1-3H3,(H,16,17). The molecule has 1 aromatic heterocycles. The molecule has 2 aliphatic heterocycles. The minimum absolute atomic E-state index is 0.630. The summed E-state index contributed by atoms with van der Waals surface area (Å²) in [7, 11) is 3.83. The smallest absolute Gasteiger partial charge is 0.194 e. The van der Waals surface area contributed by atoms with Crippen LogP contribution in [0.4, 0.5) is 0 Å². The topological polar surface area (TPSA) is 61.6 Å². The molecule has 3 heterocycles. The summed E-state index contributed by atoms with van der Waals surface area (Å²) in [4.78, 5) is 9.29. The fraction of sp³-hybridized carbons (Fsp3) is 0.667. The highest BCUT2D eigenvalue weighted by molar-refractivity contribution is 5.80. The van der Waals surface area contributed by atoms with Crippen LogP contribution in [-0.2, 0) is 13.6 Å². The van der Waals surface area contributed by atoms with E-state index in [-0.39, 0.29) is 0 Å². The van der Waals surface area contributed by atoms with Gasteiger partial charge in [0, 0.05) is 46.3 Å². The van der Waals surface area contributed by atoms with E-state index in [0.29, 0.717) is 12.6 Å². The molecular weight excluding hydrogens is 278 g/mol. The van der Waals surface area contributed by atoms with Gasteiger partial charge in [-0.25, -0.2) is 0 Å². The lowest BCUT2D eigenvalue weighted by Crippen LogP contribution is -2.42. The van der Waals surface area contributed by atoms with Crippen molar-refractivity contribution in [3.05, 3.63) is 23.8 Å². The van der Waals surface area contributed by atoms with Crippen LogP contribution in [-0.4, -0.2) is 69.8 Å². The van der Waals surface area contributed by atoms with Crippen LogP contribution in [0.15, 0.2) is 17.1 Å². The maximum Gasteiger partial charge on any atom is 0.194 e. The Morgan fingerprint density at radius 3 is 2.77 bits per heavy atom. The lowest BCUT2D eigenvalue weighted by atomic mass is 10.2. The van der Waals surface area contributed by atoms with Crippen molar-refractivity contribution >= 4 is 5.96 Å². The summed E-state index contributed by atoms with van der Waals surface area (Å²) in [5, 5.41) is 11.7. The van der Waals surface area contributed by atoms with Crippen LogP contribution < -0.4 is 5.32 Å². The van der Waals surface area contributed by atoms with E-state index in [1.807, 2.05) is 25.6 Å². The van der Waals surface area contributed by atoms with Crippen molar-refractivity contribution in [3.8, 4) is 0 Å². The summed E-state index contributed by atoms with van der Waals surface area (Å²) in [5.74, 6) is 2.81. The molecule has 0 spiro atoms. The van der Waals surface area contributed by atoms with Gasteiger partial charge in [0.2, 0.25) is 0 Å². The van der Waals surface area contributed by atoms with Crippen molar-refractivity contribution in [2.24, 2.45) is 12.0 Å². The van der Waals surface area contributed by atoms with Gasteiger partial charge in [0.15, 0.2) is 11.8 Å². The average Bonchev–Trinajstić information content (AvgIpc) is 3.24. The average molecular weight is 303 g/mol. The zero-order valence-electron chi connectivity index (χ0n) is 13.7. The van der Waals surface area contributed by atoms with Gasteiger partial charge in [0.05, 0.1) is 6.54 Å². The number of aliphatic imine (C=N–C) groups is 1. The molecule has 22 heavy (non-hydrogen) atoms. The molecular formula is C15H25N7. The first kappa shape index (κ1) is 15.0. The van der Waals surface area contributed by atoms with Crippen molar-refractivity contribution in [1.29, 1.82) is 0 Å². The van der Waals surface area contributed by atoms with Gasteiger partial charge in [0.1, 0.15) is 5.82 Å². The second-order valence-corrected chi connectivity index (χ2v) is 5.94. The molecule has 1 saturated heterocycles. The van der Waals surface area contributed by atoms with Gasteiger partial charge in [-0.3, -0.25) is 9.89 Å². The van der Waals surface area contributed by atoms with Gasteiger partial charge in [-0.1, -0.05) is 12.2 Å². The number of hydrogen-bond acceptors (Lipinski definition) is 4. The van der Waals surface area contributed by atoms with E-state index in [2.05, 4.69) is 42.5 Å². The van der Waals surface area contributed by atoms with Gasteiger partial charge in [-0.15, -0.1) is 10.2 Å². The summed E-state index contributed by atoms with van der Waals surface area (Å²) in [6.45, 7) is 6.88. The highest BCUT2D eigenvalue weighted by Gasteiger charge is 2.29. The third-order valence-corrected chi connectivity index (χ3v) is 4.62. The SMILES string of the molecule is CN=C(NCc1nnc(C)n1C)N1CCC(N2CC=CC2)C1. The number of nitrogens with zero attached hydrogens (tertiary/aromatic N) is 6. The second-order valence-electron chi connectivity index (χ2n) is 5.94. The van der Waals surface area contributed by atoms with Gasteiger partial charge in [-0.05, 0) is 13.3 Å². The summed E-state index contributed by atoms with van der Waals surface area (Å²) in [5.41, 5.74) is 0. The van der Waals surface area contributed by atoms with Crippen LogP contribution in [0, 0.1) is 6.92 Å². The molecule has 7 heteroatoms. The minimum atomic E-state index is 0.630. The maximum absolute atomic E-state index is 4.42. The van der Waals surface area contributed by atoms with Gasteiger partial charge >= 0.3 is 0 Å². The van der Waals surface area contributed by atoms with Gasteiger partial charge in [0.25, 0.3) is 0 Å². The number of hydrogen-bond donors (Lipinski definition) is 1. The molecule has 0 aromatic carbocycles. The number of rotatable bonds is 3. The highest BCUT2D eigenvalue weighted by Crippen LogP contribution is 2.17. The molecule has 0 saturated carbocycles. The molecule has 3 rings (SSSR count). The number of likely N-dealkylation sites (tertiary alicyclic amines) is 1. The van der Waals surface area contributed by atoms with Crippen LogP contribution in [0.3, 0.4) is 0 Å². The third kappa shape index (κ3) is 2.99. The zero-order chi connectivity index (χ0) is 15.5. The van der Waals surface area contributed by atoms with Crippen molar-refractivity contribution < 1.29 is 0 Å². The molecule has 1 atom stereocenters. The molecule has 1 N–H and O–H groups in total. The fourth-order valence-corrected chi connectivity index (χ4v) is 3.12. The Bertz CT molecular complexity index is 566. The summed E-state index contributed by atoms with van der Waals surface area (Å²) >= 11 is 0. The van der Waals surface area contributed by atoms with E-state index >= 15 is 0 Å². The summed E-state index contributed by atoms with van der Waals surface area (Å²) in [6, 6.07) is 0.630. The van der Waals surface area contributed by atoms with Crippen LogP contribution >= 0.6 is 0 Å². The molecule has 1 aromatic rings. The molecule has 1 fully saturated rings. The van der Waals surface area contributed by atoms with Gasteiger partial charge < -0.3 is 14.8 Å². The Balaban J connectivity index is 1.55. The fourth-order valence-electron chi connectivity index (χ4n) is 3.12. The number of guanidine groups is 1. The Morgan fingerprint density at radius 1 is 1.36 bits per heavy atom. The Labute approximate surface area is 131 Å². The molecule has 7 nitrogen and oxygen atoms in total. The van der Waals surface area contributed by atoms with Crippen molar-refractivity contribution in [3.63, 3.8) is 0 Å². The third-order valence-electron chi connectivity index (χ3n) is 4.62.